The molecule has 0 saturated carbocycles. The lowest BCUT2D eigenvalue weighted by molar-refractivity contribution is -0.118. The Morgan fingerprint density at radius 2 is 2.00 bits per heavy atom. The zero-order chi connectivity index (χ0) is 17.5. The van der Waals surface area contributed by atoms with Crippen LogP contribution in [0.15, 0.2) is 41.5 Å². The summed E-state index contributed by atoms with van der Waals surface area (Å²) in [6, 6.07) is 10.7. The maximum Gasteiger partial charge on any atom is 0.250 e. The third-order valence-electron chi connectivity index (χ3n) is 3.17. The number of hydrazone groups is 1. The number of carbonyl (C=O) groups is 1. The van der Waals surface area contributed by atoms with Crippen molar-refractivity contribution >= 4 is 35.5 Å². The Morgan fingerprint density at radius 3 is 2.67 bits per heavy atom. The van der Waals surface area contributed by atoms with Crippen molar-refractivity contribution < 1.29 is 9.18 Å². The molecule has 2 aromatic rings. The molecule has 0 fully saturated rings. The van der Waals surface area contributed by atoms with E-state index in [4.69, 9.17) is 11.6 Å². The summed E-state index contributed by atoms with van der Waals surface area (Å²) in [5, 5.41) is 4.00. The number of amides is 1. The first kappa shape index (κ1) is 18.5. The fourth-order valence-electron chi connectivity index (χ4n) is 2.25. The average Bonchev–Trinajstić information content (AvgIpc) is 2.49. The molecule has 0 aliphatic rings. The number of halogens is 2. The minimum absolute atomic E-state index is 0.155. The minimum Gasteiger partial charge on any atom is -0.272 e. The van der Waals surface area contributed by atoms with E-state index in [-0.39, 0.29) is 22.2 Å². The Kier molecular flexibility index (Phi) is 6.82. The highest BCUT2D eigenvalue weighted by Gasteiger charge is 2.05. The fourth-order valence-corrected chi connectivity index (χ4v) is 3.22. The molecule has 0 spiro atoms. The summed E-state index contributed by atoms with van der Waals surface area (Å²) >= 11 is 7.37. The molecule has 3 nitrogen and oxygen atoms in total. The molecule has 0 unspecified atom stereocenters. The second-order valence-corrected chi connectivity index (χ2v) is 6.81. The Balaban J connectivity index is 1.80. The van der Waals surface area contributed by atoms with E-state index in [9.17, 15) is 9.18 Å². The summed E-state index contributed by atoms with van der Waals surface area (Å²) in [4.78, 5) is 11.8. The topological polar surface area (TPSA) is 41.5 Å². The van der Waals surface area contributed by atoms with Crippen molar-refractivity contribution in [2.24, 2.45) is 5.10 Å². The van der Waals surface area contributed by atoms with Gasteiger partial charge < -0.3 is 0 Å². The maximum absolute atomic E-state index is 13.5. The average molecular weight is 365 g/mol. The second-order valence-electron chi connectivity index (χ2n) is 5.42. The lowest BCUT2D eigenvalue weighted by atomic mass is 10.1. The number of rotatable bonds is 6. The molecule has 0 aromatic heterocycles. The van der Waals surface area contributed by atoms with Gasteiger partial charge in [0, 0.05) is 11.3 Å². The summed E-state index contributed by atoms with van der Waals surface area (Å²) < 4.78 is 13.5. The van der Waals surface area contributed by atoms with Crippen molar-refractivity contribution in [3.05, 3.63) is 69.5 Å². The van der Waals surface area contributed by atoms with E-state index in [1.807, 2.05) is 0 Å². The molecular formula is C18H18ClFN2OS. The monoisotopic (exact) mass is 364 g/mol. The zero-order valence-electron chi connectivity index (χ0n) is 13.5. The molecule has 1 N–H and O–H groups in total. The van der Waals surface area contributed by atoms with Crippen LogP contribution < -0.4 is 5.43 Å². The number of carbonyl (C=O) groups excluding carboxylic acids is 1. The molecule has 0 radical (unpaired) electrons. The van der Waals surface area contributed by atoms with Gasteiger partial charge in [-0.1, -0.05) is 47.0 Å². The van der Waals surface area contributed by atoms with Crippen LogP contribution in [-0.2, 0) is 10.5 Å². The van der Waals surface area contributed by atoms with Gasteiger partial charge >= 0.3 is 0 Å². The quantitative estimate of drug-likeness (QED) is 0.606. The molecular weight excluding hydrogens is 347 g/mol. The van der Waals surface area contributed by atoms with E-state index in [0.29, 0.717) is 0 Å². The van der Waals surface area contributed by atoms with Crippen LogP contribution in [0.25, 0.3) is 0 Å². The smallest absolute Gasteiger partial charge is 0.250 e. The van der Waals surface area contributed by atoms with Gasteiger partial charge in [0.1, 0.15) is 5.82 Å². The van der Waals surface area contributed by atoms with Crippen molar-refractivity contribution in [2.45, 2.75) is 19.6 Å². The van der Waals surface area contributed by atoms with Gasteiger partial charge in [0.15, 0.2) is 0 Å². The summed E-state index contributed by atoms with van der Waals surface area (Å²) in [7, 11) is 0. The van der Waals surface area contributed by atoms with Gasteiger partial charge in [0.25, 0.3) is 0 Å². The largest absolute Gasteiger partial charge is 0.272 e. The molecule has 0 aliphatic heterocycles. The summed E-state index contributed by atoms with van der Waals surface area (Å²) in [5.74, 6) is 0.298. The van der Waals surface area contributed by atoms with Crippen LogP contribution in [0.4, 0.5) is 4.39 Å². The number of aryl methyl sites for hydroxylation is 2. The molecule has 24 heavy (non-hydrogen) atoms. The number of thioether (sulfide) groups is 1. The summed E-state index contributed by atoms with van der Waals surface area (Å²) in [5.41, 5.74) is 6.14. The van der Waals surface area contributed by atoms with Crippen LogP contribution in [0.2, 0.25) is 5.02 Å². The van der Waals surface area contributed by atoms with E-state index in [2.05, 4.69) is 42.6 Å². The third kappa shape index (κ3) is 5.65. The zero-order valence-corrected chi connectivity index (χ0v) is 15.0. The number of nitrogens with one attached hydrogen (secondary N) is 1. The molecule has 6 heteroatoms. The molecule has 2 rings (SSSR count). The Labute approximate surface area is 150 Å². The molecule has 1 amide bonds. The van der Waals surface area contributed by atoms with Gasteiger partial charge in [-0.05, 0) is 31.5 Å². The standard InChI is InChI=1S/C18H18ClFN2OS/c1-12-6-13(2)8-14(7-12)10-24-11-18(23)22-21-9-15-16(19)4-3-5-17(15)20/h3-9H,10-11H2,1-2H3,(H,22,23). The second kappa shape index (κ2) is 8.85. The van der Waals surface area contributed by atoms with Gasteiger partial charge in [-0.2, -0.15) is 5.10 Å². The first-order valence-corrected chi connectivity index (χ1v) is 8.90. The predicted molar refractivity (Wildman–Crippen MR) is 99.2 cm³/mol. The van der Waals surface area contributed by atoms with Crippen molar-refractivity contribution in [1.82, 2.24) is 5.43 Å². The SMILES string of the molecule is Cc1cc(C)cc(CSCC(=O)NN=Cc2c(F)cccc2Cl)c1. The third-order valence-corrected chi connectivity index (χ3v) is 4.50. The van der Waals surface area contributed by atoms with Crippen molar-refractivity contribution in [3.8, 4) is 0 Å². The van der Waals surface area contributed by atoms with Gasteiger partial charge in [-0.3, -0.25) is 4.79 Å². The maximum atomic E-state index is 13.5. The number of nitrogens with zero attached hydrogens (tertiary/aromatic N) is 1. The minimum atomic E-state index is -0.482. The first-order valence-electron chi connectivity index (χ1n) is 7.36. The van der Waals surface area contributed by atoms with Crippen LogP contribution in [0.3, 0.4) is 0 Å². The Bertz CT molecular complexity index is 724. The van der Waals surface area contributed by atoms with Crippen LogP contribution in [0.5, 0.6) is 0 Å². The normalized spacial score (nSPS) is 11.0. The van der Waals surface area contributed by atoms with Crippen molar-refractivity contribution in [2.75, 3.05) is 5.75 Å². The number of hydrogen-bond acceptors (Lipinski definition) is 3. The highest BCUT2D eigenvalue weighted by atomic mass is 35.5. The van der Waals surface area contributed by atoms with E-state index in [1.54, 1.807) is 6.07 Å². The van der Waals surface area contributed by atoms with Gasteiger partial charge in [-0.15, -0.1) is 11.8 Å². The molecule has 0 heterocycles. The van der Waals surface area contributed by atoms with Gasteiger partial charge in [0.05, 0.1) is 17.0 Å². The van der Waals surface area contributed by atoms with E-state index in [0.717, 1.165) is 5.75 Å². The molecule has 0 bridgehead atoms. The lowest BCUT2D eigenvalue weighted by Crippen LogP contribution is -2.19. The van der Waals surface area contributed by atoms with Crippen LogP contribution in [-0.4, -0.2) is 17.9 Å². The van der Waals surface area contributed by atoms with Crippen molar-refractivity contribution in [1.29, 1.82) is 0 Å². The van der Waals surface area contributed by atoms with E-state index in [1.165, 1.54) is 46.8 Å². The molecule has 0 aliphatic carbocycles. The fraction of sp³-hybridized carbons (Fsp3) is 0.222. The summed E-state index contributed by atoms with van der Waals surface area (Å²) in [6.45, 7) is 4.10. The predicted octanol–water partition coefficient (Wildman–Crippen LogP) is 4.48. The number of hydrogen-bond donors (Lipinski definition) is 1. The van der Waals surface area contributed by atoms with Crippen LogP contribution in [0.1, 0.15) is 22.3 Å². The Hall–Kier alpha value is -1.85. The molecule has 2 aromatic carbocycles. The molecule has 0 atom stereocenters. The lowest BCUT2D eigenvalue weighted by Gasteiger charge is -2.05. The summed E-state index contributed by atoms with van der Waals surface area (Å²) in [6.07, 6.45) is 1.21. The first-order chi connectivity index (χ1) is 11.5. The Morgan fingerprint density at radius 1 is 1.29 bits per heavy atom. The highest BCUT2D eigenvalue weighted by molar-refractivity contribution is 7.99. The van der Waals surface area contributed by atoms with Gasteiger partial charge in [-0.25, -0.2) is 9.82 Å². The van der Waals surface area contributed by atoms with E-state index < -0.39 is 5.82 Å². The van der Waals surface area contributed by atoms with Crippen LogP contribution >= 0.6 is 23.4 Å². The number of benzene rings is 2. The van der Waals surface area contributed by atoms with E-state index >= 15 is 0 Å². The molecule has 0 saturated heterocycles. The van der Waals surface area contributed by atoms with Gasteiger partial charge in [0.2, 0.25) is 5.91 Å². The van der Waals surface area contributed by atoms with Crippen molar-refractivity contribution in [3.63, 3.8) is 0 Å². The molecule has 126 valence electrons. The highest BCUT2D eigenvalue weighted by Crippen LogP contribution is 2.17. The van der Waals surface area contributed by atoms with Crippen LogP contribution in [0, 0.1) is 19.7 Å².